The van der Waals surface area contributed by atoms with E-state index in [4.69, 9.17) is 0 Å². The van der Waals surface area contributed by atoms with Crippen molar-refractivity contribution in [3.05, 3.63) is 11.8 Å². The third-order valence-corrected chi connectivity index (χ3v) is 1.83. The Bertz CT molecular complexity index is 114. The van der Waals surface area contributed by atoms with Crippen molar-refractivity contribution in [2.75, 3.05) is 6.54 Å². The molecular weight excluding hydrogens is 134 g/mol. The highest BCUT2D eigenvalue weighted by Gasteiger charge is 1.98. The first-order valence-corrected chi connectivity index (χ1v) is 4.64. The third-order valence-electron chi connectivity index (χ3n) is 1.83. The van der Waals surface area contributed by atoms with Crippen molar-refractivity contribution in [3.63, 3.8) is 0 Å². The van der Waals surface area contributed by atoms with Crippen LogP contribution in [-0.2, 0) is 0 Å². The number of hydrogen-bond donors (Lipinski definition) is 1. The molecule has 0 atom stereocenters. The van der Waals surface area contributed by atoms with Crippen molar-refractivity contribution < 1.29 is 0 Å². The molecule has 0 aliphatic carbocycles. The zero-order valence-electron chi connectivity index (χ0n) is 8.28. The maximum atomic E-state index is 3.31. The molecule has 0 spiro atoms. The normalized spacial score (nSPS) is 12.3. The first kappa shape index (κ1) is 10.5. The van der Waals surface area contributed by atoms with E-state index in [9.17, 15) is 0 Å². The predicted molar refractivity (Wildman–Crippen MR) is 51.5 cm³/mol. The molecule has 0 unspecified atom stereocenters. The van der Waals surface area contributed by atoms with Crippen LogP contribution in [0.5, 0.6) is 0 Å². The molecule has 1 nitrogen and oxygen atoms in total. The van der Waals surface area contributed by atoms with Gasteiger partial charge < -0.3 is 5.32 Å². The molecule has 0 rings (SSSR count). The lowest BCUT2D eigenvalue weighted by Gasteiger charge is -2.08. The van der Waals surface area contributed by atoms with Crippen molar-refractivity contribution >= 4 is 0 Å². The van der Waals surface area contributed by atoms with E-state index < -0.39 is 0 Å². The minimum atomic E-state index is 0.685. The fourth-order valence-electron chi connectivity index (χ4n) is 1.02. The molecule has 1 heteroatoms. The summed E-state index contributed by atoms with van der Waals surface area (Å²) in [5.74, 6) is 0.685. The SMILES string of the molecule is CCCN/C=C(\CC)C(C)C. The molecular formula is C10H21N. The average molecular weight is 155 g/mol. The van der Waals surface area contributed by atoms with Gasteiger partial charge in [0.05, 0.1) is 0 Å². The van der Waals surface area contributed by atoms with Gasteiger partial charge >= 0.3 is 0 Å². The summed E-state index contributed by atoms with van der Waals surface area (Å²) >= 11 is 0. The van der Waals surface area contributed by atoms with E-state index in [1.54, 1.807) is 0 Å². The molecule has 0 aliphatic heterocycles. The molecule has 0 amide bonds. The van der Waals surface area contributed by atoms with Gasteiger partial charge in [0, 0.05) is 6.54 Å². The second-order valence-corrected chi connectivity index (χ2v) is 3.18. The molecule has 11 heavy (non-hydrogen) atoms. The number of allylic oxidation sites excluding steroid dienone is 1. The Balaban J connectivity index is 3.71. The van der Waals surface area contributed by atoms with Crippen LogP contribution in [-0.4, -0.2) is 6.54 Å². The average Bonchev–Trinajstić information content (AvgIpc) is 1.97. The van der Waals surface area contributed by atoms with E-state index in [2.05, 4.69) is 39.2 Å². The Hall–Kier alpha value is -0.460. The molecule has 0 aliphatic rings. The zero-order chi connectivity index (χ0) is 8.69. The molecule has 0 bridgehead atoms. The highest BCUT2D eigenvalue weighted by molar-refractivity contribution is 5.02. The fraction of sp³-hybridized carbons (Fsp3) is 0.800. The fourth-order valence-corrected chi connectivity index (χ4v) is 1.02. The van der Waals surface area contributed by atoms with E-state index in [1.807, 2.05) is 0 Å². The Morgan fingerprint density at radius 3 is 2.36 bits per heavy atom. The minimum Gasteiger partial charge on any atom is -0.391 e. The Morgan fingerprint density at radius 2 is 2.00 bits per heavy atom. The summed E-state index contributed by atoms with van der Waals surface area (Å²) in [7, 11) is 0. The Kier molecular flexibility index (Phi) is 6.00. The summed E-state index contributed by atoms with van der Waals surface area (Å²) in [4.78, 5) is 0. The van der Waals surface area contributed by atoms with Gasteiger partial charge in [0.25, 0.3) is 0 Å². The van der Waals surface area contributed by atoms with Gasteiger partial charge in [-0.1, -0.05) is 33.3 Å². The number of rotatable bonds is 5. The predicted octanol–water partition coefficient (Wildman–Crippen LogP) is 2.94. The summed E-state index contributed by atoms with van der Waals surface area (Å²) in [6, 6.07) is 0. The molecule has 0 aromatic carbocycles. The zero-order valence-corrected chi connectivity index (χ0v) is 8.28. The Morgan fingerprint density at radius 1 is 1.36 bits per heavy atom. The van der Waals surface area contributed by atoms with Crippen LogP contribution in [0.2, 0.25) is 0 Å². The summed E-state index contributed by atoms with van der Waals surface area (Å²) < 4.78 is 0. The van der Waals surface area contributed by atoms with E-state index >= 15 is 0 Å². The lowest BCUT2D eigenvalue weighted by molar-refractivity contribution is 0.705. The molecule has 1 N–H and O–H groups in total. The largest absolute Gasteiger partial charge is 0.391 e. The van der Waals surface area contributed by atoms with Crippen LogP contribution >= 0.6 is 0 Å². The molecule has 0 fully saturated rings. The van der Waals surface area contributed by atoms with Crippen LogP contribution < -0.4 is 5.32 Å². The molecule has 0 aromatic heterocycles. The second-order valence-electron chi connectivity index (χ2n) is 3.18. The quantitative estimate of drug-likeness (QED) is 0.602. The highest BCUT2D eigenvalue weighted by atomic mass is 14.8. The lowest BCUT2D eigenvalue weighted by Crippen LogP contribution is -2.08. The van der Waals surface area contributed by atoms with Crippen molar-refractivity contribution in [1.82, 2.24) is 5.32 Å². The van der Waals surface area contributed by atoms with E-state index in [0.717, 1.165) is 13.0 Å². The van der Waals surface area contributed by atoms with Gasteiger partial charge in [-0.3, -0.25) is 0 Å². The van der Waals surface area contributed by atoms with Crippen LogP contribution in [0.3, 0.4) is 0 Å². The molecule has 0 radical (unpaired) electrons. The number of hydrogen-bond acceptors (Lipinski definition) is 1. The van der Waals surface area contributed by atoms with Crippen LogP contribution in [0, 0.1) is 5.92 Å². The van der Waals surface area contributed by atoms with E-state index in [1.165, 1.54) is 12.0 Å². The van der Waals surface area contributed by atoms with Gasteiger partial charge in [0.1, 0.15) is 0 Å². The minimum absolute atomic E-state index is 0.685. The summed E-state index contributed by atoms with van der Waals surface area (Å²) in [6.45, 7) is 9.96. The third kappa shape index (κ3) is 4.88. The van der Waals surface area contributed by atoms with Gasteiger partial charge in [-0.15, -0.1) is 0 Å². The second kappa shape index (κ2) is 6.26. The van der Waals surface area contributed by atoms with Gasteiger partial charge in [-0.25, -0.2) is 0 Å². The molecule has 0 aromatic rings. The summed E-state index contributed by atoms with van der Waals surface area (Å²) in [5, 5.41) is 3.31. The Labute approximate surface area is 70.9 Å². The highest BCUT2D eigenvalue weighted by Crippen LogP contribution is 2.11. The number of nitrogens with one attached hydrogen (secondary N) is 1. The van der Waals surface area contributed by atoms with Crippen LogP contribution in [0.15, 0.2) is 11.8 Å². The summed E-state index contributed by atoms with van der Waals surface area (Å²) in [5.41, 5.74) is 1.51. The monoisotopic (exact) mass is 155 g/mol. The molecule has 66 valence electrons. The van der Waals surface area contributed by atoms with E-state index in [0.29, 0.717) is 5.92 Å². The van der Waals surface area contributed by atoms with E-state index in [-0.39, 0.29) is 0 Å². The maximum absolute atomic E-state index is 3.31. The van der Waals surface area contributed by atoms with Gasteiger partial charge in [-0.05, 0) is 25.0 Å². The van der Waals surface area contributed by atoms with Gasteiger partial charge in [0.15, 0.2) is 0 Å². The molecule has 0 saturated heterocycles. The first-order valence-electron chi connectivity index (χ1n) is 4.64. The van der Waals surface area contributed by atoms with Gasteiger partial charge in [0.2, 0.25) is 0 Å². The van der Waals surface area contributed by atoms with Crippen molar-refractivity contribution in [2.45, 2.75) is 40.5 Å². The maximum Gasteiger partial charge on any atom is 0.0138 e. The van der Waals surface area contributed by atoms with Crippen molar-refractivity contribution in [2.24, 2.45) is 5.92 Å². The first-order chi connectivity index (χ1) is 5.22. The standard InChI is InChI=1S/C10H21N/c1-5-7-11-8-10(6-2)9(3)4/h8-9,11H,5-7H2,1-4H3/b10-8+. The van der Waals surface area contributed by atoms with Crippen LogP contribution in [0.1, 0.15) is 40.5 Å². The van der Waals surface area contributed by atoms with Crippen molar-refractivity contribution in [3.8, 4) is 0 Å². The van der Waals surface area contributed by atoms with Crippen molar-refractivity contribution in [1.29, 1.82) is 0 Å². The smallest absolute Gasteiger partial charge is 0.0138 e. The van der Waals surface area contributed by atoms with Crippen LogP contribution in [0.4, 0.5) is 0 Å². The van der Waals surface area contributed by atoms with Gasteiger partial charge in [-0.2, -0.15) is 0 Å². The van der Waals surface area contributed by atoms with Crippen LogP contribution in [0.25, 0.3) is 0 Å². The molecule has 0 heterocycles. The molecule has 0 saturated carbocycles. The lowest BCUT2D eigenvalue weighted by atomic mass is 10.0. The summed E-state index contributed by atoms with van der Waals surface area (Å²) in [6.07, 6.45) is 4.54. The topological polar surface area (TPSA) is 12.0 Å².